The largest absolute Gasteiger partial charge is 0.492 e. The quantitative estimate of drug-likeness (QED) is 0.0285. The Morgan fingerprint density at radius 2 is 1.68 bits per heavy atom. The molecule has 7 heterocycles. The molecule has 1 spiro atoms. The molecular weight excluding hydrogens is 1160 g/mol. The van der Waals surface area contributed by atoms with Crippen molar-refractivity contribution in [3.63, 3.8) is 0 Å². The van der Waals surface area contributed by atoms with Crippen molar-refractivity contribution in [2.75, 3.05) is 61.7 Å². The number of thiazole rings is 1. The highest BCUT2D eigenvalue weighted by atomic mass is 32.1. The van der Waals surface area contributed by atoms with Crippen LogP contribution >= 0.6 is 11.3 Å². The van der Waals surface area contributed by atoms with Gasteiger partial charge >= 0.3 is 12.1 Å². The normalized spacial score (nSPS) is 17.5. The fourth-order valence-corrected chi connectivity index (χ4v) is 13.8. The molecule has 19 nitrogen and oxygen atoms in total. The number of hydrogen-bond donors (Lipinski definition) is 2. The van der Waals surface area contributed by atoms with Crippen LogP contribution in [0, 0.1) is 5.41 Å². The van der Waals surface area contributed by atoms with Gasteiger partial charge in [0.1, 0.15) is 35.1 Å². The molecule has 3 aromatic carbocycles. The summed E-state index contributed by atoms with van der Waals surface area (Å²) in [4.78, 5) is 86.7. The Morgan fingerprint density at radius 1 is 0.920 bits per heavy atom. The minimum Gasteiger partial charge on any atom is -0.492 e. The average Bonchev–Trinajstić information content (AvgIpc) is 2.04. The lowest BCUT2D eigenvalue weighted by Gasteiger charge is -2.51. The van der Waals surface area contributed by atoms with Crippen molar-refractivity contribution >= 4 is 86.8 Å². The van der Waals surface area contributed by atoms with E-state index in [1.54, 1.807) is 56.9 Å². The zero-order valence-electron chi connectivity index (χ0n) is 50.1. The molecule has 7 aromatic rings. The van der Waals surface area contributed by atoms with E-state index in [0.29, 0.717) is 96.5 Å². The third-order valence-electron chi connectivity index (χ3n) is 16.7. The number of para-hydroxylation sites is 1. The Hall–Kier alpha value is -7.80. The summed E-state index contributed by atoms with van der Waals surface area (Å²) in [5.41, 5.74) is 1.34. The number of anilines is 3. The molecule has 4 amide bonds. The number of benzene rings is 3. The first-order valence-corrected chi connectivity index (χ1v) is 33.8. The highest BCUT2D eigenvalue weighted by Crippen LogP contribution is 2.51. The van der Waals surface area contributed by atoms with Crippen molar-refractivity contribution in [2.45, 2.75) is 122 Å². The van der Waals surface area contributed by atoms with E-state index in [2.05, 4.69) is 45.3 Å². The molecule has 4 aliphatic rings. The van der Waals surface area contributed by atoms with Crippen molar-refractivity contribution < 1.29 is 56.1 Å². The van der Waals surface area contributed by atoms with Crippen molar-refractivity contribution in [3.8, 4) is 22.6 Å². The highest BCUT2D eigenvalue weighted by molar-refractivity contribution is 7.22. The van der Waals surface area contributed by atoms with Gasteiger partial charge in [0.2, 0.25) is 17.7 Å². The number of halogens is 3. The van der Waals surface area contributed by atoms with E-state index >= 15 is 13.2 Å². The molecule has 2 saturated heterocycles. The predicted octanol–water partition coefficient (Wildman–Crippen LogP) is 10.9. The van der Waals surface area contributed by atoms with Crippen molar-refractivity contribution in [3.05, 3.63) is 113 Å². The summed E-state index contributed by atoms with van der Waals surface area (Å²) in [6.07, 6.45) is 0.264. The number of likely N-dealkylation sites (tertiary alicyclic amines) is 1. The summed E-state index contributed by atoms with van der Waals surface area (Å²) in [6, 6.07) is 20.8. The monoisotopic (exact) mass is 1230 g/mol. The molecule has 458 valence electrons. The van der Waals surface area contributed by atoms with Crippen LogP contribution < -0.4 is 29.9 Å². The molecule has 0 bridgehead atoms. The number of nitrogens with zero attached hydrogens (tertiary/aromatic N) is 8. The van der Waals surface area contributed by atoms with E-state index < -0.39 is 49.1 Å². The molecule has 3 aliphatic heterocycles. The number of aryl methyl sites for hydroxylation is 1. The molecule has 11 rings (SSSR count). The second-order valence-corrected chi connectivity index (χ2v) is 31.9. The topological polar surface area (TPSA) is 213 Å². The van der Waals surface area contributed by atoms with Gasteiger partial charge in [-0.3, -0.25) is 44.0 Å². The maximum Gasteiger partial charge on any atom is 0.417 e. The Bertz CT molecular complexity index is 3790. The molecular formula is C63H71F3N10O9SSi. The van der Waals surface area contributed by atoms with Crippen LogP contribution in [0.3, 0.4) is 0 Å². The minimum atomic E-state index is -4.86. The highest BCUT2D eigenvalue weighted by Gasteiger charge is 2.48. The van der Waals surface area contributed by atoms with Crippen LogP contribution in [0.1, 0.15) is 109 Å². The van der Waals surface area contributed by atoms with Crippen LogP contribution in [0.15, 0.2) is 79.0 Å². The summed E-state index contributed by atoms with van der Waals surface area (Å²) in [5.74, 6) is -2.12. The second kappa shape index (κ2) is 24.1. The van der Waals surface area contributed by atoms with Gasteiger partial charge < -0.3 is 29.2 Å². The standard InChI is InChI=1S/C63H71F3N10O9SSi/c1-61(2,3)85-59(81)54-41(16-19-49(70-54)75-26-22-37-21-25-67-53(44(37)34-75)58(80)76(36-83-29-30-87(6,7)8)60-69-46-11-9-10-12-48(46)86-60)40-14-13-38(31-45(40)63(64,65)66)84-39-32-62(33-39)23-27-74(28-24-62)35-51(78)68-47-18-15-42-52(43-17-20-50(77)71-57(43)79)72-73(4)55(42)56(47)82-5/h9-16,18-19,21,25,31,39,43H,17,20,22-24,26-30,32-36H2,1-8H3,(H,68,78)(H,71,77,79). The predicted molar refractivity (Wildman–Crippen MR) is 327 cm³/mol. The minimum absolute atomic E-state index is 0.0359. The zero-order chi connectivity index (χ0) is 61.7. The number of ether oxygens (including phenoxy) is 4. The summed E-state index contributed by atoms with van der Waals surface area (Å²) >= 11 is 1.38. The summed E-state index contributed by atoms with van der Waals surface area (Å²) in [6.45, 7) is 14.2. The second-order valence-electron chi connectivity index (χ2n) is 25.3. The number of aromatic nitrogens is 5. The molecule has 4 aromatic heterocycles. The maximum absolute atomic E-state index is 15.3. The fourth-order valence-electron chi connectivity index (χ4n) is 12.1. The lowest BCUT2D eigenvalue weighted by molar-refractivity contribution is -0.137. The van der Waals surface area contributed by atoms with Crippen molar-refractivity contribution in [1.82, 2.24) is 34.9 Å². The van der Waals surface area contributed by atoms with Crippen LogP contribution in [-0.2, 0) is 50.0 Å². The van der Waals surface area contributed by atoms with E-state index in [9.17, 15) is 24.0 Å². The molecule has 2 N–H and O–H groups in total. The zero-order valence-corrected chi connectivity index (χ0v) is 51.9. The van der Waals surface area contributed by atoms with E-state index in [-0.39, 0.29) is 77.8 Å². The first-order chi connectivity index (χ1) is 41.3. The Balaban J connectivity index is 0.762. The Morgan fingerprint density at radius 3 is 2.39 bits per heavy atom. The van der Waals surface area contributed by atoms with Crippen molar-refractivity contribution in [2.24, 2.45) is 12.5 Å². The van der Waals surface area contributed by atoms with Gasteiger partial charge in [0, 0.05) is 63.9 Å². The van der Waals surface area contributed by atoms with Crippen LogP contribution in [0.2, 0.25) is 25.7 Å². The van der Waals surface area contributed by atoms with Gasteiger partial charge in [-0.05, 0) is 150 Å². The summed E-state index contributed by atoms with van der Waals surface area (Å²) < 4.78 is 72.6. The van der Waals surface area contributed by atoms with Crippen LogP contribution in [0.25, 0.3) is 32.2 Å². The number of carbonyl (C=O) groups excluding carboxylic acids is 5. The van der Waals surface area contributed by atoms with Gasteiger partial charge in [-0.2, -0.15) is 18.3 Å². The van der Waals surface area contributed by atoms with Crippen LogP contribution in [0.5, 0.6) is 11.5 Å². The van der Waals surface area contributed by atoms with Gasteiger partial charge in [-0.1, -0.05) is 49.2 Å². The van der Waals surface area contributed by atoms with Gasteiger partial charge in [-0.15, -0.1) is 0 Å². The average molecular weight is 1230 g/mol. The third kappa shape index (κ3) is 13.2. The maximum atomic E-state index is 15.3. The number of hydrogen-bond acceptors (Lipinski definition) is 16. The van der Waals surface area contributed by atoms with Gasteiger partial charge in [0.05, 0.1) is 52.8 Å². The SMILES string of the molecule is COc1c(NC(=O)CN2CCC3(CC2)CC(Oc2ccc(-c4ccc(N5CCc6ccnc(C(=O)N(COCC[Si](C)(C)C)c7nc8ccccc8s7)c6C5)nc4C(=O)OC(C)(C)C)c(C(F)(F)F)c2)C3)ccc2c(C3CCC(=O)NC3=O)nn(C)c12. The Labute approximate surface area is 506 Å². The number of pyridine rings is 2. The van der Waals surface area contributed by atoms with E-state index in [0.717, 1.165) is 40.7 Å². The van der Waals surface area contributed by atoms with E-state index in [1.807, 2.05) is 35.2 Å². The first-order valence-electron chi connectivity index (χ1n) is 29.3. The lowest BCUT2D eigenvalue weighted by Crippen LogP contribution is -2.51. The number of imide groups is 1. The number of piperidine rings is 2. The summed E-state index contributed by atoms with van der Waals surface area (Å²) in [5, 5.41) is 11.2. The van der Waals surface area contributed by atoms with Gasteiger partial charge in [0.15, 0.2) is 16.6 Å². The molecule has 3 fully saturated rings. The molecule has 24 heteroatoms. The fraction of sp³-hybridized carbons (Fsp3) is 0.444. The summed E-state index contributed by atoms with van der Waals surface area (Å²) in [7, 11) is 1.78. The molecule has 0 radical (unpaired) electrons. The van der Waals surface area contributed by atoms with Crippen LogP contribution in [-0.4, -0.2) is 126 Å². The smallest absolute Gasteiger partial charge is 0.417 e. The number of methoxy groups -OCH3 is 1. The Kier molecular flexibility index (Phi) is 16.8. The third-order valence-corrected chi connectivity index (χ3v) is 19.4. The van der Waals surface area contributed by atoms with Crippen molar-refractivity contribution in [1.29, 1.82) is 0 Å². The van der Waals surface area contributed by atoms with Crippen LogP contribution in [0.4, 0.5) is 29.8 Å². The first kappa shape index (κ1) is 60.9. The number of fused-ring (bicyclic) bond motifs is 3. The number of esters is 1. The van der Waals surface area contributed by atoms with Gasteiger partial charge in [-0.25, -0.2) is 14.8 Å². The molecule has 1 unspecified atom stereocenters. The number of rotatable bonds is 17. The molecule has 1 aliphatic carbocycles. The van der Waals surface area contributed by atoms with Gasteiger partial charge in [0.25, 0.3) is 5.91 Å². The number of nitrogens with one attached hydrogen (secondary N) is 2. The number of alkyl halides is 3. The molecule has 1 saturated carbocycles. The number of amides is 4. The lowest BCUT2D eigenvalue weighted by atomic mass is 9.61. The molecule has 87 heavy (non-hydrogen) atoms. The van der Waals surface area contributed by atoms with E-state index in [4.69, 9.17) is 28.9 Å². The molecule has 1 atom stereocenters. The number of carbonyl (C=O) groups is 5. The van der Waals surface area contributed by atoms with E-state index in [1.165, 1.54) is 41.5 Å².